The number of aromatic nitrogens is 2. The zero-order valence-corrected chi connectivity index (χ0v) is 24.2. The molecule has 0 bridgehead atoms. The van der Waals surface area contributed by atoms with Gasteiger partial charge in [-0.3, -0.25) is 4.79 Å². The molecule has 14 heteroatoms. The van der Waals surface area contributed by atoms with Crippen LogP contribution in [0, 0.1) is 0 Å². The van der Waals surface area contributed by atoms with Crippen LogP contribution in [0.15, 0.2) is 35.3 Å². The van der Waals surface area contributed by atoms with Crippen LogP contribution in [0.4, 0.5) is 5.69 Å². The molecule has 0 saturated carbocycles. The number of rotatable bonds is 9. The van der Waals surface area contributed by atoms with E-state index in [9.17, 15) is 21.6 Å². The average molecular weight is 588 g/mol. The van der Waals surface area contributed by atoms with Gasteiger partial charge in [-0.05, 0) is 44.9 Å². The van der Waals surface area contributed by atoms with Gasteiger partial charge in [-0.1, -0.05) is 24.6 Å². The molecule has 210 valence electrons. The molecule has 2 aliphatic rings. The van der Waals surface area contributed by atoms with Gasteiger partial charge in [-0.2, -0.15) is 18.4 Å². The molecule has 1 aromatic carbocycles. The summed E-state index contributed by atoms with van der Waals surface area (Å²) in [4.78, 5) is 15.6. The zero-order chi connectivity index (χ0) is 27.7. The second-order valence-corrected chi connectivity index (χ2v) is 14.8. The summed E-state index contributed by atoms with van der Waals surface area (Å²) in [5, 5.41) is 4.28. The number of piperazine rings is 1. The Morgan fingerprint density at radius 2 is 1.79 bits per heavy atom. The van der Waals surface area contributed by atoms with Gasteiger partial charge in [0.2, 0.25) is 25.8 Å². The quantitative estimate of drug-likeness (QED) is 0.436. The third kappa shape index (κ3) is 6.01. The Kier molecular flexibility index (Phi) is 8.72. The van der Waals surface area contributed by atoms with E-state index in [1.165, 1.54) is 19.5 Å². The van der Waals surface area contributed by atoms with Crippen LogP contribution in [0.5, 0.6) is 5.75 Å². The topological polar surface area (TPSA) is 122 Å². The number of anilines is 1. The molecule has 0 N–H and O–H groups in total. The van der Waals surface area contributed by atoms with Crippen molar-refractivity contribution in [2.24, 2.45) is 0 Å². The maximum absolute atomic E-state index is 13.7. The Balaban J connectivity index is 1.65. The van der Waals surface area contributed by atoms with Crippen LogP contribution in [0.1, 0.15) is 33.6 Å². The Labute approximate surface area is 229 Å². The lowest BCUT2D eigenvalue weighted by Gasteiger charge is -2.36. The number of hydrogen-bond donors (Lipinski definition) is 0. The van der Waals surface area contributed by atoms with Crippen LogP contribution in [0.3, 0.4) is 0 Å². The van der Waals surface area contributed by atoms with Crippen LogP contribution in [0.25, 0.3) is 5.69 Å². The molecule has 2 aliphatic heterocycles. The number of ether oxygens (including phenoxy) is 1. The molecule has 2 fully saturated rings. The van der Waals surface area contributed by atoms with E-state index in [1.54, 1.807) is 38.1 Å². The summed E-state index contributed by atoms with van der Waals surface area (Å²) in [6.07, 6.45) is 1.99. The number of hydrogen-bond acceptors (Lipinski definition) is 8. The highest BCUT2D eigenvalue weighted by atomic mass is 35.5. The van der Waals surface area contributed by atoms with Crippen LogP contribution in [-0.2, 0) is 20.0 Å². The summed E-state index contributed by atoms with van der Waals surface area (Å²) in [6.45, 7) is 6.83. The van der Waals surface area contributed by atoms with E-state index in [0.29, 0.717) is 48.9 Å². The van der Waals surface area contributed by atoms with Crippen LogP contribution < -0.4 is 15.2 Å². The van der Waals surface area contributed by atoms with Crippen molar-refractivity contribution in [2.75, 3.05) is 49.9 Å². The number of nitrogens with zero attached hydrogens (tertiary/aromatic N) is 5. The zero-order valence-electron chi connectivity index (χ0n) is 21.8. The number of sulfonamides is 2. The third-order valence-electron chi connectivity index (χ3n) is 6.75. The summed E-state index contributed by atoms with van der Waals surface area (Å²) in [7, 11) is -6.78. The molecule has 1 unspecified atom stereocenters. The van der Waals surface area contributed by atoms with E-state index < -0.39 is 37.0 Å². The van der Waals surface area contributed by atoms with Gasteiger partial charge < -0.3 is 9.64 Å². The fourth-order valence-corrected chi connectivity index (χ4v) is 7.64. The minimum absolute atomic E-state index is 0.0554. The van der Waals surface area contributed by atoms with Crippen molar-refractivity contribution < 1.29 is 21.6 Å². The minimum Gasteiger partial charge on any atom is -0.481 e. The number of halogens is 1. The van der Waals surface area contributed by atoms with Gasteiger partial charge in [0.05, 0.1) is 29.4 Å². The highest BCUT2D eigenvalue weighted by molar-refractivity contribution is 7.89. The molecular formula is C24H34ClN5O6S2. The van der Waals surface area contributed by atoms with Gasteiger partial charge in [0.1, 0.15) is 11.8 Å². The van der Waals surface area contributed by atoms with E-state index in [-0.39, 0.29) is 31.1 Å². The molecular weight excluding hydrogens is 554 g/mol. The van der Waals surface area contributed by atoms with Gasteiger partial charge in [0.25, 0.3) is 0 Å². The first-order valence-electron chi connectivity index (χ1n) is 12.7. The predicted molar refractivity (Wildman–Crippen MR) is 147 cm³/mol. The van der Waals surface area contributed by atoms with Crippen molar-refractivity contribution in [3.63, 3.8) is 0 Å². The Hall–Kier alpha value is -2.19. The predicted octanol–water partition coefficient (Wildman–Crippen LogP) is 1.94. The van der Waals surface area contributed by atoms with Gasteiger partial charge in [0, 0.05) is 37.7 Å². The second-order valence-electron chi connectivity index (χ2n) is 9.74. The third-order valence-corrected chi connectivity index (χ3v) is 11.3. The maximum Gasteiger partial charge on any atom is 0.316 e. The smallest absolute Gasteiger partial charge is 0.316 e. The lowest BCUT2D eigenvalue weighted by atomic mass is 10.2. The molecule has 2 aromatic rings. The summed E-state index contributed by atoms with van der Waals surface area (Å²) in [5.74, 6) is 0.116. The first kappa shape index (κ1) is 28.8. The molecule has 1 aromatic heterocycles. The van der Waals surface area contributed by atoms with Crippen molar-refractivity contribution in [1.82, 2.24) is 18.4 Å². The minimum atomic E-state index is -3.40. The number of benzene rings is 1. The first-order chi connectivity index (χ1) is 17.9. The van der Waals surface area contributed by atoms with Crippen molar-refractivity contribution in [1.29, 1.82) is 0 Å². The highest BCUT2D eigenvalue weighted by Gasteiger charge is 2.35. The average Bonchev–Trinajstić information content (AvgIpc) is 3.35. The maximum atomic E-state index is 13.7. The van der Waals surface area contributed by atoms with Gasteiger partial charge in [-0.15, -0.1) is 0 Å². The standard InChI is InChI=1S/C24H34ClN5O6S2/c1-4-14-37(32,33)29-9-8-21(17-29)36-23-22(27-10-12-28(13-11-27)38(34,35)18(2)3)16-26-30(24(23)31)20-7-5-6-19(25)15-20/h5-7,15-16,18,21H,4,8-14,17H2,1-3H3. The normalized spacial score (nSPS) is 19.8. The lowest BCUT2D eigenvalue weighted by molar-refractivity contribution is 0.211. The molecule has 4 rings (SSSR count). The van der Waals surface area contributed by atoms with Crippen LogP contribution in [0.2, 0.25) is 5.02 Å². The second kappa shape index (κ2) is 11.5. The van der Waals surface area contributed by atoms with E-state index >= 15 is 0 Å². The summed E-state index contributed by atoms with van der Waals surface area (Å²) in [6, 6.07) is 6.72. The Morgan fingerprint density at radius 3 is 2.42 bits per heavy atom. The molecule has 3 heterocycles. The molecule has 0 radical (unpaired) electrons. The lowest BCUT2D eigenvalue weighted by Crippen LogP contribution is -2.50. The largest absolute Gasteiger partial charge is 0.481 e. The summed E-state index contributed by atoms with van der Waals surface area (Å²) in [5.41, 5.74) is 0.409. The SMILES string of the molecule is CCCS(=O)(=O)N1CCC(Oc2c(N3CCN(S(=O)(=O)C(C)C)CC3)cnn(-c3cccc(Cl)c3)c2=O)C1. The fraction of sp³-hybridized carbons (Fsp3) is 0.583. The molecule has 1 atom stereocenters. The van der Waals surface area contributed by atoms with Crippen LogP contribution >= 0.6 is 11.6 Å². The van der Waals surface area contributed by atoms with E-state index in [0.717, 1.165) is 0 Å². The summed E-state index contributed by atoms with van der Waals surface area (Å²) < 4.78 is 60.7. The van der Waals surface area contributed by atoms with Gasteiger partial charge >= 0.3 is 5.56 Å². The Morgan fingerprint density at radius 1 is 1.08 bits per heavy atom. The first-order valence-corrected chi connectivity index (χ1v) is 16.2. The summed E-state index contributed by atoms with van der Waals surface area (Å²) >= 11 is 6.14. The van der Waals surface area contributed by atoms with Gasteiger partial charge in [-0.25, -0.2) is 16.8 Å². The van der Waals surface area contributed by atoms with Crippen molar-refractivity contribution in [3.05, 3.63) is 45.8 Å². The highest BCUT2D eigenvalue weighted by Crippen LogP contribution is 2.29. The van der Waals surface area contributed by atoms with Gasteiger partial charge in [0.15, 0.2) is 0 Å². The fourth-order valence-electron chi connectivity index (χ4n) is 4.64. The molecule has 0 spiro atoms. The van der Waals surface area contributed by atoms with Crippen LogP contribution in [-0.4, -0.2) is 91.6 Å². The van der Waals surface area contributed by atoms with Crippen molar-refractivity contribution >= 4 is 37.3 Å². The Bertz CT molecular complexity index is 1420. The van der Waals surface area contributed by atoms with Crippen molar-refractivity contribution in [3.8, 4) is 11.4 Å². The molecule has 38 heavy (non-hydrogen) atoms. The van der Waals surface area contributed by atoms with E-state index in [4.69, 9.17) is 16.3 Å². The molecule has 0 amide bonds. The van der Waals surface area contributed by atoms with E-state index in [2.05, 4.69) is 5.10 Å². The van der Waals surface area contributed by atoms with E-state index in [1.807, 2.05) is 11.8 Å². The molecule has 0 aliphatic carbocycles. The monoisotopic (exact) mass is 587 g/mol. The molecule has 2 saturated heterocycles. The molecule has 11 nitrogen and oxygen atoms in total. The van der Waals surface area contributed by atoms with Crippen molar-refractivity contribution in [2.45, 2.75) is 45.0 Å².